The Morgan fingerprint density at radius 3 is 2.55 bits per heavy atom. The van der Waals surface area contributed by atoms with E-state index in [2.05, 4.69) is 9.62 Å². The molecule has 4 nitrogen and oxygen atoms in total. The summed E-state index contributed by atoms with van der Waals surface area (Å²) in [5, 5.41) is 1.28. The highest BCUT2D eigenvalue weighted by Crippen LogP contribution is 2.26. The summed E-state index contributed by atoms with van der Waals surface area (Å²) in [5.74, 6) is 0. The van der Waals surface area contributed by atoms with E-state index in [0.29, 0.717) is 6.04 Å². The van der Waals surface area contributed by atoms with Gasteiger partial charge in [-0.3, -0.25) is 4.90 Å². The first-order valence-corrected chi connectivity index (χ1v) is 9.66. The molecule has 1 atom stereocenters. The van der Waals surface area contributed by atoms with E-state index in [4.69, 9.17) is 0 Å². The standard InChI is InChI=1S/C17H24N2O2S/c20-22(21,13-11-15-6-2-1-3-7-15)18-16-10-12-19(14-16)17-8-4-5-9-17/h1-3,6-7,11,13,16-18H,4-5,8-10,12,14H2/b13-11+. The SMILES string of the molecule is O=S(=O)(/C=C/c1ccccc1)NC1CCN(C2CCCC2)C1. The quantitative estimate of drug-likeness (QED) is 0.907. The van der Waals surface area contributed by atoms with Crippen molar-refractivity contribution in [3.63, 3.8) is 0 Å². The first-order chi connectivity index (χ1) is 10.6. The van der Waals surface area contributed by atoms with Crippen molar-refractivity contribution in [3.05, 3.63) is 41.3 Å². The molecule has 0 bridgehead atoms. The lowest BCUT2D eigenvalue weighted by Gasteiger charge is -2.23. The van der Waals surface area contributed by atoms with E-state index in [1.165, 1.54) is 31.1 Å². The number of hydrogen-bond acceptors (Lipinski definition) is 3. The molecule has 1 aromatic carbocycles. The van der Waals surface area contributed by atoms with Gasteiger partial charge in [-0.25, -0.2) is 13.1 Å². The monoisotopic (exact) mass is 320 g/mol. The number of hydrogen-bond donors (Lipinski definition) is 1. The number of nitrogens with one attached hydrogen (secondary N) is 1. The Balaban J connectivity index is 1.55. The summed E-state index contributed by atoms with van der Waals surface area (Å²) < 4.78 is 27.2. The molecule has 2 aliphatic rings. The fourth-order valence-electron chi connectivity index (χ4n) is 3.49. The third kappa shape index (κ3) is 4.18. The van der Waals surface area contributed by atoms with E-state index < -0.39 is 10.0 Å². The highest BCUT2D eigenvalue weighted by molar-refractivity contribution is 7.92. The molecule has 0 aromatic heterocycles. The summed E-state index contributed by atoms with van der Waals surface area (Å²) in [4.78, 5) is 2.46. The van der Waals surface area contributed by atoms with E-state index >= 15 is 0 Å². The van der Waals surface area contributed by atoms with Gasteiger partial charge in [0.1, 0.15) is 0 Å². The van der Waals surface area contributed by atoms with Crippen LogP contribution in [0.25, 0.3) is 6.08 Å². The lowest BCUT2D eigenvalue weighted by atomic mass is 10.2. The van der Waals surface area contributed by atoms with Gasteiger partial charge in [0, 0.05) is 30.6 Å². The van der Waals surface area contributed by atoms with Crippen LogP contribution < -0.4 is 4.72 Å². The van der Waals surface area contributed by atoms with Gasteiger partial charge in [-0.05, 0) is 30.9 Å². The van der Waals surface area contributed by atoms with Crippen molar-refractivity contribution in [3.8, 4) is 0 Å². The van der Waals surface area contributed by atoms with Gasteiger partial charge in [0.05, 0.1) is 0 Å². The minimum Gasteiger partial charge on any atom is -0.299 e. The zero-order valence-electron chi connectivity index (χ0n) is 12.8. The zero-order valence-corrected chi connectivity index (χ0v) is 13.6. The van der Waals surface area contributed by atoms with Crippen molar-refractivity contribution in [1.82, 2.24) is 9.62 Å². The molecule has 120 valence electrons. The van der Waals surface area contributed by atoms with Crippen LogP contribution in [0, 0.1) is 0 Å². The third-order valence-electron chi connectivity index (χ3n) is 4.63. The van der Waals surface area contributed by atoms with Gasteiger partial charge >= 0.3 is 0 Å². The fraction of sp³-hybridized carbons (Fsp3) is 0.529. The second-order valence-corrected chi connectivity index (χ2v) is 7.89. The van der Waals surface area contributed by atoms with Crippen molar-refractivity contribution in [2.75, 3.05) is 13.1 Å². The largest absolute Gasteiger partial charge is 0.299 e. The summed E-state index contributed by atoms with van der Waals surface area (Å²) in [6, 6.07) is 10.2. The predicted octanol–water partition coefficient (Wildman–Crippen LogP) is 2.59. The molecule has 3 rings (SSSR count). The Morgan fingerprint density at radius 2 is 1.82 bits per heavy atom. The molecular formula is C17H24N2O2S. The van der Waals surface area contributed by atoms with Gasteiger partial charge in [-0.15, -0.1) is 0 Å². The molecule has 1 saturated carbocycles. The van der Waals surface area contributed by atoms with Crippen molar-refractivity contribution in [2.24, 2.45) is 0 Å². The summed E-state index contributed by atoms with van der Waals surface area (Å²) in [6.45, 7) is 1.86. The van der Waals surface area contributed by atoms with Gasteiger partial charge in [0.15, 0.2) is 0 Å². The number of nitrogens with zero attached hydrogens (tertiary/aromatic N) is 1. The Hall–Kier alpha value is -1.17. The average Bonchev–Trinajstić information content (AvgIpc) is 3.17. The van der Waals surface area contributed by atoms with E-state index in [0.717, 1.165) is 25.1 Å². The molecule has 0 radical (unpaired) electrons. The molecule has 5 heteroatoms. The molecule has 2 fully saturated rings. The molecule has 1 aromatic rings. The van der Waals surface area contributed by atoms with Gasteiger partial charge in [0.2, 0.25) is 10.0 Å². The highest BCUT2D eigenvalue weighted by atomic mass is 32.2. The van der Waals surface area contributed by atoms with Gasteiger partial charge in [0.25, 0.3) is 0 Å². The first-order valence-electron chi connectivity index (χ1n) is 8.12. The van der Waals surface area contributed by atoms with Crippen LogP contribution in [0.4, 0.5) is 0 Å². The summed E-state index contributed by atoms with van der Waals surface area (Å²) >= 11 is 0. The van der Waals surface area contributed by atoms with Crippen LogP contribution in [0.3, 0.4) is 0 Å². The molecule has 1 aliphatic carbocycles. The third-order valence-corrected chi connectivity index (χ3v) is 5.79. The van der Waals surface area contributed by atoms with E-state index in [1.54, 1.807) is 6.08 Å². The van der Waals surface area contributed by atoms with Crippen LogP contribution in [-0.2, 0) is 10.0 Å². The second-order valence-electron chi connectivity index (χ2n) is 6.30. The minimum absolute atomic E-state index is 0.0472. The molecular weight excluding hydrogens is 296 g/mol. The van der Waals surface area contributed by atoms with Crippen LogP contribution in [0.5, 0.6) is 0 Å². The summed E-state index contributed by atoms with van der Waals surface area (Å²) in [6.07, 6.45) is 7.73. The Kier molecular flexibility index (Phi) is 4.96. The van der Waals surface area contributed by atoms with Crippen LogP contribution in [0.1, 0.15) is 37.7 Å². The second kappa shape index (κ2) is 6.94. The maximum atomic E-state index is 12.2. The number of likely N-dealkylation sites (tertiary alicyclic amines) is 1. The van der Waals surface area contributed by atoms with Crippen LogP contribution in [-0.4, -0.2) is 38.5 Å². The van der Waals surface area contributed by atoms with Crippen molar-refractivity contribution >= 4 is 16.1 Å². The number of benzene rings is 1. The maximum Gasteiger partial charge on any atom is 0.234 e. The molecule has 1 unspecified atom stereocenters. The molecule has 1 heterocycles. The van der Waals surface area contributed by atoms with Crippen molar-refractivity contribution in [2.45, 2.75) is 44.2 Å². The summed E-state index contributed by atoms with van der Waals surface area (Å²) in [7, 11) is -3.37. The van der Waals surface area contributed by atoms with Gasteiger partial charge in [-0.1, -0.05) is 43.2 Å². The summed E-state index contributed by atoms with van der Waals surface area (Å²) in [5.41, 5.74) is 0.895. The molecule has 1 aliphatic heterocycles. The fourth-order valence-corrected chi connectivity index (χ4v) is 4.56. The normalized spacial score (nSPS) is 24.5. The van der Waals surface area contributed by atoms with E-state index in [9.17, 15) is 8.42 Å². The Labute approximate surface area is 133 Å². The first kappa shape index (κ1) is 15.7. The molecule has 22 heavy (non-hydrogen) atoms. The highest BCUT2D eigenvalue weighted by Gasteiger charge is 2.31. The zero-order chi connectivity index (χ0) is 15.4. The van der Waals surface area contributed by atoms with Gasteiger partial charge < -0.3 is 0 Å². The van der Waals surface area contributed by atoms with E-state index in [1.807, 2.05) is 30.3 Å². The molecule has 1 N–H and O–H groups in total. The van der Waals surface area contributed by atoms with Crippen molar-refractivity contribution in [1.29, 1.82) is 0 Å². The Bertz CT molecular complexity index is 607. The number of rotatable bonds is 5. The van der Waals surface area contributed by atoms with Crippen molar-refractivity contribution < 1.29 is 8.42 Å². The smallest absolute Gasteiger partial charge is 0.234 e. The Morgan fingerprint density at radius 1 is 1.09 bits per heavy atom. The molecule has 0 amide bonds. The molecule has 0 spiro atoms. The lowest BCUT2D eigenvalue weighted by Crippen LogP contribution is -2.38. The number of sulfonamides is 1. The van der Waals surface area contributed by atoms with Crippen LogP contribution in [0.2, 0.25) is 0 Å². The lowest BCUT2D eigenvalue weighted by molar-refractivity contribution is 0.242. The topological polar surface area (TPSA) is 49.4 Å². The average molecular weight is 320 g/mol. The van der Waals surface area contributed by atoms with Gasteiger partial charge in [-0.2, -0.15) is 0 Å². The maximum absolute atomic E-state index is 12.2. The van der Waals surface area contributed by atoms with Crippen LogP contribution in [0.15, 0.2) is 35.7 Å². The van der Waals surface area contributed by atoms with Crippen LogP contribution >= 0.6 is 0 Å². The minimum atomic E-state index is -3.37. The van der Waals surface area contributed by atoms with E-state index in [-0.39, 0.29) is 6.04 Å². The predicted molar refractivity (Wildman–Crippen MR) is 89.8 cm³/mol. The molecule has 1 saturated heterocycles.